The Labute approximate surface area is 158 Å². The number of rotatable bonds is 7. The highest BCUT2D eigenvalue weighted by Gasteiger charge is 2.03. The average molecular weight is 364 g/mol. The van der Waals surface area contributed by atoms with E-state index in [2.05, 4.69) is 20.3 Å². The van der Waals surface area contributed by atoms with E-state index in [-0.39, 0.29) is 0 Å². The molecule has 7 nitrogen and oxygen atoms in total. The van der Waals surface area contributed by atoms with Gasteiger partial charge in [0.15, 0.2) is 5.96 Å². The normalized spacial score (nSPS) is 11.4. The van der Waals surface area contributed by atoms with Crippen molar-refractivity contribution in [3.8, 4) is 11.6 Å². The van der Waals surface area contributed by atoms with Gasteiger partial charge in [-0.2, -0.15) is 0 Å². The number of benzene rings is 1. The third kappa shape index (κ3) is 5.07. The Morgan fingerprint density at radius 2 is 1.96 bits per heavy atom. The number of nitrogens with zero attached hydrogens (tertiary/aromatic N) is 4. The Bertz CT molecular complexity index is 901. The van der Waals surface area contributed by atoms with Gasteiger partial charge in [0.25, 0.3) is 0 Å². The Morgan fingerprint density at radius 3 is 2.67 bits per heavy atom. The van der Waals surface area contributed by atoms with E-state index >= 15 is 0 Å². The number of guanidine groups is 1. The van der Waals surface area contributed by atoms with E-state index in [0.29, 0.717) is 12.5 Å². The van der Waals surface area contributed by atoms with Gasteiger partial charge in [0, 0.05) is 25.1 Å². The molecule has 0 atom stereocenters. The molecule has 0 bridgehead atoms. The van der Waals surface area contributed by atoms with Gasteiger partial charge in [0.2, 0.25) is 0 Å². The molecule has 0 amide bonds. The van der Waals surface area contributed by atoms with Crippen molar-refractivity contribution in [2.24, 2.45) is 10.7 Å². The molecule has 27 heavy (non-hydrogen) atoms. The maximum atomic E-state index is 5.98. The molecule has 0 unspecified atom stereocenters. The Hall–Kier alpha value is -3.35. The number of methoxy groups -OCH3 is 1. The predicted octanol–water partition coefficient (Wildman–Crippen LogP) is 2.23. The van der Waals surface area contributed by atoms with E-state index in [0.717, 1.165) is 35.9 Å². The quantitative estimate of drug-likeness (QED) is 0.496. The largest absolute Gasteiger partial charge is 0.497 e. The molecule has 3 N–H and O–H groups in total. The van der Waals surface area contributed by atoms with Crippen LogP contribution in [0.5, 0.6) is 5.75 Å². The van der Waals surface area contributed by atoms with Gasteiger partial charge in [-0.25, -0.2) is 15.0 Å². The summed E-state index contributed by atoms with van der Waals surface area (Å²) in [6, 6.07) is 11.9. The molecule has 140 valence electrons. The summed E-state index contributed by atoms with van der Waals surface area (Å²) in [7, 11) is 1.66. The van der Waals surface area contributed by atoms with E-state index in [4.69, 9.17) is 10.5 Å². The number of hydrogen-bond donors (Lipinski definition) is 2. The molecule has 0 saturated heterocycles. The van der Waals surface area contributed by atoms with Crippen molar-refractivity contribution in [2.75, 3.05) is 13.7 Å². The fourth-order valence-corrected chi connectivity index (χ4v) is 2.67. The highest BCUT2D eigenvalue weighted by Crippen LogP contribution is 2.12. The monoisotopic (exact) mass is 364 g/mol. The summed E-state index contributed by atoms with van der Waals surface area (Å²) in [6.07, 6.45) is 6.28. The molecule has 0 aliphatic carbocycles. The first-order valence-electron chi connectivity index (χ1n) is 8.77. The van der Waals surface area contributed by atoms with Gasteiger partial charge >= 0.3 is 0 Å². The third-order valence-electron chi connectivity index (χ3n) is 4.19. The van der Waals surface area contributed by atoms with Crippen LogP contribution in [-0.4, -0.2) is 34.1 Å². The summed E-state index contributed by atoms with van der Waals surface area (Å²) in [4.78, 5) is 13.0. The zero-order valence-corrected chi connectivity index (χ0v) is 15.6. The summed E-state index contributed by atoms with van der Waals surface area (Å²) in [5.41, 5.74) is 8.22. The summed E-state index contributed by atoms with van der Waals surface area (Å²) in [6.45, 7) is 3.15. The van der Waals surface area contributed by atoms with Crippen molar-refractivity contribution in [1.29, 1.82) is 0 Å². The van der Waals surface area contributed by atoms with Crippen LogP contribution in [0.15, 0.2) is 60.0 Å². The number of ether oxygens (including phenoxy) is 1. The SMILES string of the molecule is COc1ccc(CCNC(N)=NCc2ccnc(-n3ccnc3C)c2)cc1. The molecule has 2 aromatic heterocycles. The van der Waals surface area contributed by atoms with Gasteiger partial charge in [-0.1, -0.05) is 12.1 Å². The van der Waals surface area contributed by atoms with E-state index in [9.17, 15) is 0 Å². The van der Waals surface area contributed by atoms with E-state index in [1.54, 1.807) is 19.5 Å². The summed E-state index contributed by atoms with van der Waals surface area (Å²) >= 11 is 0. The highest BCUT2D eigenvalue weighted by molar-refractivity contribution is 5.77. The first kappa shape index (κ1) is 18.4. The second-order valence-corrected chi connectivity index (χ2v) is 6.09. The van der Waals surface area contributed by atoms with Gasteiger partial charge in [0.05, 0.1) is 13.7 Å². The minimum absolute atomic E-state index is 0.431. The first-order chi connectivity index (χ1) is 13.2. The summed E-state index contributed by atoms with van der Waals surface area (Å²) < 4.78 is 7.09. The molecule has 1 aromatic carbocycles. The van der Waals surface area contributed by atoms with Gasteiger partial charge < -0.3 is 15.8 Å². The predicted molar refractivity (Wildman–Crippen MR) is 106 cm³/mol. The van der Waals surface area contributed by atoms with Crippen LogP contribution in [0.1, 0.15) is 17.0 Å². The molecule has 0 radical (unpaired) electrons. The van der Waals surface area contributed by atoms with Crippen LogP contribution in [0.2, 0.25) is 0 Å². The van der Waals surface area contributed by atoms with Crippen LogP contribution in [-0.2, 0) is 13.0 Å². The Morgan fingerprint density at radius 1 is 1.15 bits per heavy atom. The van der Waals surface area contributed by atoms with Gasteiger partial charge in [-0.3, -0.25) is 4.57 Å². The van der Waals surface area contributed by atoms with Crippen molar-refractivity contribution in [3.63, 3.8) is 0 Å². The zero-order valence-electron chi connectivity index (χ0n) is 15.6. The number of nitrogens with two attached hydrogens (primary N) is 1. The van der Waals surface area contributed by atoms with Crippen LogP contribution >= 0.6 is 0 Å². The zero-order chi connectivity index (χ0) is 19.1. The lowest BCUT2D eigenvalue weighted by Crippen LogP contribution is -2.33. The number of hydrogen-bond acceptors (Lipinski definition) is 4. The van der Waals surface area contributed by atoms with Crippen LogP contribution in [0.25, 0.3) is 5.82 Å². The molecule has 3 rings (SSSR count). The summed E-state index contributed by atoms with van der Waals surface area (Å²) in [5.74, 6) is 3.00. The van der Waals surface area contributed by atoms with Crippen molar-refractivity contribution in [1.82, 2.24) is 19.9 Å². The average Bonchev–Trinajstić information content (AvgIpc) is 3.13. The van der Waals surface area contributed by atoms with Gasteiger partial charge in [-0.15, -0.1) is 0 Å². The molecule has 0 aliphatic heterocycles. The van der Waals surface area contributed by atoms with E-state index in [1.165, 1.54) is 5.56 Å². The molecular formula is C20H24N6O. The smallest absolute Gasteiger partial charge is 0.188 e. The fourth-order valence-electron chi connectivity index (χ4n) is 2.67. The van der Waals surface area contributed by atoms with Crippen LogP contribution in [0.4, 0.5) is 0 Å². The number of imidazole rings is 1. The lowest BCUT2D eigenvalue weighted by Gasteiger charge is -2.08. The molecule has 3 aromatic rings. The highest BCUT2D eigenvalue weighted by atomic mass is 16.5. The molecule has 0 spiro atoms. The van der Waals surface area contributed by atoms with Crippen molar-refractivity contribution in [2.45, 2.75) is 19.9 Å². The summed E-state index contributed by atoms with van der Waals surface area (Å²) in [5, 5.41) is 3.15. The van der Waals surface area contributed by atoms with E-state index in [1.807, 2.05) is 54.1 Å². The molecular weight excluding hydrogens is 340 g/mol. The number of aromatic nitrogens is 3. The molecule has 2 heterocycles. The second kappa shape index (κ2) is 8.84. The fraction of sp³-hybridized carbons (Fsp3) is 0.250. The lowest BCUT2D eigenvalue weighted by molar-refractivity contribution is 0.414. The molecule has 0 fully saturated rings. The van der Waals surface area contributed by atoms with Gasteiger partial charge in [-0.05, 0) is 48.7 Å². The van der Waals surface area contributed by atoms with Crippen molar-refractivity contribution >= 4 is 5.96 Å². The Balaban J connectivity index is 1.52. The number of aliphatic imine (C=N–C) groups is 1. The topological polar surface area (TPSA) is 90.4 Å². The molecule has 0 aliphatic rings. The third-order valence-corrected chi connectivity index (χ3v) is 4.19. The maximum absolute atomic E-state index is 5.98. The molecule has 0 saturated carbocycles. The number of aryl methyl sites for hydroxylation is 1. The lowest BCUT2D eigenvalue weighted by atomic mass is 10.1. The first-order valence-corrected chi connectivity index (χ1v) is 8.77. The number of nitrogens with one attached hydrogen (secondary N) is 1. The van der Waals surface area contributed by atoms with Crippen molar-refractivity contribution in [3.05, 3.63) is 71.9 Å². The van der Waals surface area contributed by atoms with E-state index < -0.39 is 0 Å². The second-order valence-electron chi connectivity index (χ2n) is 6.09. The van der Waals surface area contributed by atoms with Crippen LogP contribution < -0.4 is 15.8 Å². The minimum Gasteiger partial charge on any atom is -0.497 e. The Kier molecular flexibility index (Phi) is 6.04. The van der Waals surface area contributed by atoms with Gasteiger partial charge in [0.1, 0.15) is 17.4 Å². The molecule has 7 heteroatoms. The van der Waals surface area contributed by atoms with Crippen LogP contribution in [0.3, 0.4) is 0 Å². The number of pyridine rings is 1. The standard InChI is InChI=1S/C20H24N6O/c1-15-22-11-12-26(15)19-13-17(8-9-23-19)14-25-20(21)24-10-7-16-3-5-18(27-2)6-4-16/h3-6,8-9,11-13H,7,10,14H2,1-2H3,(H3,21,24,25). The van der Waals surface area contributed by atoms with Crippen LogP contribution in [0, 0.1) is 6.92 Å². The minimum atomic E-state index is 0.431. The maximum Gasteiger partial charge on any atom is 0.188 e. The van der Waals surface area contributed by atoms with Crippen molar-refractivity contribution < 1.29 is 4.74 Å².